The minimum Gasteiger partial charge on any atom is -0.354 e. The maximum absolute atomic E-state index is 6.34. The molecule has 0 saturated heterocycles. The van der Waals surface area contributed by atoms with Crippen LogP contribution in [0.1, 0.15) is 118 Å². The minimum absolute atomic E-state index is 0.228. The number of rotatable bonds is 30. The molecule has 224 valence electrons. The Morgan fingerprint density at radius 2 is 0.811 bits per heavy atom. The van der Waals surface area contributed by atoms with Crippen molar-refractivity contribution in [3.63, 3.8) is 0 Å². The fourth-order valence-electron chi connectivity index (χ4n) is 3.96. The van der Waals surface area contributed by atoms with Gasteiger partial charge in [0, 0.05) is 37.9 Å². The second kappa shape index (κ2) is 27.5. The molecule has 0 unspecified atom stereocenters. The minimum atomic E-state index is -0.392. The molecule has 0 aromatic heterocycles. The predicted molar refractivity (Wildman–Crippen MR) is 178 cm³/mol. The molecule has 0 rings (SSSR count). The van der Waals surface area contributed by atoms with E-state index in [1.54, 1.807) is 0 Å². The normalized spacial score (nSPS) is 13.1. The van der Waals surface area contributed by atoms with Crippen LogP contribution >= 0.6 is 31.4 Å². The summed E-state index contributed by atoms with van der Waals surface area (Å²) in [5.41, 5.74) is -0.456. The summed E-state index contributed by atoms with van der Waals surface area (Å²) < 4.78 is 25.4. The van der Waals surface area contributed by atoms with Crippen molar-refractivity contribution < 1.29 is 18.9 Å². The molecule has 0 aliphatic rings. The lowest BCUT2D eigenvalue weighted by molar-refractivity contribution is -0.186. The lowest BCUT2D eigenvalue weighted by Crippen LogP contribution is -2.42. The first kappa shape index (κ1) is 38.3. The highest BCUT2D eigenvalue weighted by atomic mass is 33.5. The Morgan fingerprint density at radius 3 is 1.08 bits per heavy atom. The lowest BCUT2D eigenvalue weighted by Gasteiger charge is -2.33. The van der Waals surface area contributed by atoms with Crippen LogP contribution < -0.4 is 0 Å². The molecule has 0 atom stereocenters. The van der Waals surface area contributed by atoms with Crippen LogP contribution in [0.5, 0.6) is 0 Å². The molecule has 0 aliphatic heterocycles. The molecular formula is C28H62O4S3Si2. The Kier molecular flexibility index (Phi) is 28.5. The van der Waals surface area contributed by atoms with Gasteiger partial charge in [0.25, 0.3) is 0 Å². The number of ether oxygens (including phenoxy) is 4. The third-order valence-corrected chi connectivity index (χ3v) is 14.8. The molecule has 0 aromatic carbocycles. The van der Waals surface area contributed by atoms with Crippen molar-refractivity contribution in [1.82, 2.24) is 0 Å². The first-order valence-electron chi connectivity index (χ1n) is 15.5. The molecule has 0 bridgehead atoms. The molecule has 9 heteroatoms. The highest BCUT2D eigenvalue weighted by molar-refractivity contribution is 9.09. The van der Waals surface area contributed by atoms with E-state index in [2.05, 4.69) is 40.8 Å². The van der Waals surface area contributed by atoms with Crippen LogP contribution in [0.3, 0.4) is 0 Å². The Bertz CT molecular complexity index is 419. The van der Waals surface area contributed by atoms with E-state index >= 15 is 0 Å². The van der Waals surface area contributed by atoms with Crippen molar-refractivity contribution >= 4 is 50.5 Å². The van der Waals surface area contributed by atoms with Gasteiger partial charge in [-0.1, -0.05) is 88.1 Å². The van der Waals surface area contributed by atoms with Crippen LogP contribution in [-0.4, -0.2) is 67.8 Å². The monoisotopic (exact) mass is 614 g/mol. The summed E-state index contributed by atoms with van der Waals surface area (Å²) in [6.07, 6.45) is 16.3. The number of unbranched alkanes of at least 4 members (excludes halogenated alkanes) is 6. The average Bonchev–Trinajstić information content (AvgIpc) is 2.91. The maximum Gasteiger partial charge on any atom is 0.144 e. The van der Waals surface area contributed by atoms with Gasteiger partial charge in [0.2, 0.25) is 0 Å². The quantitative estimate of drug-likeness (QED) is 0.0348. The van der Waals surface area contributed by atoms with Gasteiger partial charge >= 0.3 is 0 Å². The summed E-state index contributed by atoms with van der Waals surface area (Å²) in [6, 6.07) is 0. The molecule has 0 heterocycles. The summed E-state index contributed by atoms with van der Waals surface area (Å²) in [7, 11) is 5.22. The molecule has 0 saturated carbocycles. The lowest BCUT2D eigenvalue weighted by atomic mass is 10.2. The molecule has 4 nitrogen and oxygen atoms in total. The standard InChI is InChI=1S/C28H62O4S3Si2/c1-7-11-21-29-27(36-5,30-22-12-8-2)19-15-17-25-33-35-34-26-18-16-20-28(37-6,31-23-13-9-3)32-24-14-10-4/h7-26,36-37H2,1-6H3. The molecule has 0 radical (unpaired) electrons. The van der Waals surface area contributed by atoms with Crippen molar-refractivity contribution in [2.75, 3.05) is 37.9 Å². The van der Waals surface area contributed by atoms with E-state index in [0.29, 0.717) is 0 Å². The van der Waals surface area contributed by atoms with E-state index in [4.69, 9.17) is 18.9 Å². The number of hydrogen-bond donors (Lipinski definition) is 0. The third kappa shape index (κ3) is 20.8. The summed E-state index contributed by atoms with van der Waals surface area (Å²) in [6.45, 7) is 17.0. The summed E-state index contributed by atoms with van der Waals surface area (Å²) in [5, 5.41) is 0. The first-order chi connectivity index (χ1) is 18.1. The molecule has 0 aliphatic carbocycles. The van der Waals surface area contributed by atoms with E-state index in [0.717, 1.165) is 65.0 Å². The third-order valence-electron chi connectivity index (χ3n) is 6.70. The fraction of sp³-hybridized carbons (Fsp3) is 1.00. The molecule has 37 heavy (non-hydrogen) atoms. The van der Waals surface area contributed by atoms with Crippen LogP contribution in [0.25, 0.3) is 0 Å². The molecule has 0 amide bonds. The van der Waals surface area contributed by atoms with Crippen molar-refractivity contribution in [2.24, 2.45) is 0 Å². The van der Waals surface area contributed by atoms with Crippen LogP contribution in [0.15, 0.2) is 0 Å². The van der Waals surface area contributed by atoms with Gasteiger partial charge in [-0.15, -0.1) is 0 Å². The summed E-state index contributed by atoms with van der Waals surface area (Å²) in [4.78, 5) is 0. The van der Waals surface area contributed by atoms with Gasteiger partial charge in [-0.3, -0.25) is 0 Å². The van der Waals surface area contributed by atoms with Gasteiger partial charge in [0.1, 0.15) is 10.8 Å². The van der Waals surface area contributed by atoms with E-state index in [1.807, 2.05) is 31.4 Å². The van der Waals surface area contributed by atoms with Crippen LogP contribution in [0.2, 0.25) is 13.1 Å². The second-order valence-corrected chi connectivity index (χ2v) is 18.0. The molecule has 0 N–H and O–H groups in total. The number of hydrogen-bond acceptors (Lipinski definition) is 7. The molecule has 0 spiro atoms. The van der Waals surface area contributed by atoms with Crippen molar-refractivity contribution in [3.05, 3.63) is 0 Å². The zero-order valence-corrected chi connectivity index (χ0v) is 30.7. The van der Waals surface area contributed by atoms with Gasteiger partial charge in [-0.2, -0.15) is 0 Å². The smallest absolute Gasteiger partial charge is 0.144 e. The fourth-order valence-corrected chi connectivity index (χ4v) is 10.6. The topological polar surface area (TPSA) is 36.9 Å². The Hall–Kier alpha value is 1.32. The maximum atomic E-state index is 6.34. The van der Waals surface area contributed by atoms with Gasteiger partial charge in [0.05, 0.1) is 19.0 Å². The van der Waals surface area contributed by atoms with Crippen molar-refractivity contribution in [2.45, 2.75) is 142 Å². The van der Waals surface area contributed by atoms with Crippen LogP contribution in [0, 0.1) is 0 Å². The summed E-state index contributed by atoms with van der Waals surface area (Å²) in [5.74, 6) is 2.42. The second-order valence-electron chi connectivity index (χ2n) is 9.96. The van der Waals surface area contributed by atoms with Gasteiger partial charge in [0.15, 0.2) is 0 Å². The van der Waals surface area contributed by atoms with Crippen LogP contribution in [-0.2, 0) is 18.9 Å². The Balaban J connectivity index is 4.11. The van der Waals surface area contributed by atoms with E-state index in [-0.39, 0.29) is 10.8 Å². The predicted octanol–water partition coefficient (Wildman–Crippen LogP) is 8.36. The largest absolute Gasteiger partial charge is 0.354 e. The van der Waals surface area contributed by atoms with Crippen molar-refractivity contribution in [3.8, 4) is 0 Å². The van der Waals surface area contributed by atoms with Crippen LogP contribution in [0.4, 0.5) is 0 Å². The van der Waals surface area contributed by atoms with E-state index in [1.165, 1.54) is 62.9 Å². The zero-order valence-electron chi connectivity index (χ0n) is 25.4. The van der Waals surface area contributed by atoms with Gasteiger partial charge in [-0.25, -0.2) is 0 Å². The van der Waals surface area contributed by atoms with Gasteiger partial charge < -0.3 is 18.9 Å². The first-order valence-corrected chi connectivity index (χ1v) is 23.6. The zero-order chi connectivity index (χ0) is 27.5. The van der Waals surface area contributed by atoms with E-state index < -0.39 is 19.0 Å². The van der Waals surface area contributed by atoms with E-state index in [9.17, 15) is 0 Å². The summed E-state index contributed by atoms with van der Waals surface area (Å²) >= 11 is 0. The van der Waals surface area contributed by atoms with Crippen molar-refractivity contribution in [1.29, 1.82) is 0 Å². The highest BCUT2D eigenvalue weighted by Gasteiger charge is 2.30. The molecule has 0 aromatic rings. The Morgan fingerprint density at radius 1 is 0.486 bits per heavy atom. The highest BCUT2D eigenvalue weighted by Crippen LogP contribution is 2.36. The molecule has 0 fully saturated rings. The Labute approximate surface area is 247 Å². The van der Waals surface area contributed by atoms with Gasteiger partial charge in [-0.05, 0) is 74.0 Å². The SMILES string of the molecule is CCCCOC(CCCCSSSCCCCC(OCCCC)(OCCCC)[SiH2]C)(OCCCC)[SiH2]C. The molecular weight excluding hydrogens is 553 g/mol. The average molecular weight is 615 g/mol.